The van der Waals surface area contributed by atoms with Crippen LogP contribution in [0.15, 0.2) is 96.2 Å². The number of Topliss-reactive ketones (excluding diaryl/α,β-unsaturated/α-hetero) is 1. The van der Waals surface area contributed by atoms with E-state index in [-0.39, 0.29) is 17.7 Å². The molecule has 2 N–H and O–H groups in total. The molecule has 1 heterocycles. The van der Waals surface area contributed by atoms with E-state index in [0.717, 1.165) is 34.6 Å². The first-order chi connectivity index (χ1) is 13.8. The molecule has 3 aromatic rings. The first kappa shape index (κ1) is 16.8. The van der Waals surface area contributed by atoms with Crippen molar-refractivity contribution in [1.29, 1.82) is 0 Å². The molecule has 3 aromatic carbocycles. The summed E-state index contributed by atoms with van der Waals surface area (Å²) in [6.07, 6.45) is 1.39. The molecule has 28 heavy (non-hydrogen) atoms. The molecule has 2 atom stereocenters. The Morgan fingerprint density at radius 1 is 0.679 bits per heavy atom. The second kappa shape index (κ2) is 7.01. The molecular weight excluding hydrogens is 344 g/mol. The molecule has 0 saturated heterocycles. The van der Waals surface area contributed by atoms with Crippen LogP contribution in [0.4, 0.5) is 11.4 Å². The first-order valence-electron chi connectivity index (χ1n) is 9.78. The van der Waals surface area contributed by atoms with E-state index in [9.17, 15) is 4.79 Å². The van der Waals surface area contributed by atoms with E-state index in [1.54, 1.807) is 0 Å². The van der Waals surface area contributed by atoms with Gasteiger partial charge in [0.25, 0.3) is 0 Å². The van der Waals surface area contributed by atoms with Crippen molar-refractivity contribution in [2.24, 2.45) is 0 Å². The second-order valence-corrected chi connectivity index (χ2v) is 7.49. The lowest BCUT2D eigenvalue weighted by Gasteiger charge is -2.30. The van der Waals surface area contributed by atoms with Crippen LogP contribution in [0.5, 0.6) is 0 Å². The highest BCUT2D eigenvalue weighted by molar-refractivity contribution is 6.01. The van der Waals surface area contributed by atoms with E-state index in [2.05, 4.69) is 47.0 Å². The van der Waals surface area contributed by atoms with Crippen molar-refractivity contribution in [3.63, 3.8) is 0 Å². The average Bonchev–Trinajstić information content (AvgIpc) is 2.92. The molecule has 0 saturated carbocycles. The Kier molecular flexibility index (Phi) is 4.21. The zero-order valence-electron chi connectivity index (χ0n) is 15.6. The maximum absolute atomic E-state index is 13.4. The molecule has 3 heteroatoms. The fourth-order valence-electron chi connectivity index (χ4n) is 4.35. The van der Waals surface area contributed by atoms with Crippen LogP contribution in [0.3, 0.4) is 0 Å². The van der Waals surface area contributed by atoms with Gasteiger partial charge in [-0.1, -0.05) is 72.8 Å². The van der Waals surface area contributed by atoms with Crippen molar-refractivity contribution in [2.75, 3.05) is 10.6 Å². The van der Waals surface area contributed by atoms with Gasteiger partial charge >= 0.3 is 0 Å². The average molecular weight is 366 g/mol. The number of fused-ring (bicyclic) bond motifs is 1. The third-order valence-electron chi connectivity index (χ3n) is 5.71. The number of ketones is 1. The number of hydrogen-bond acceptors (Lipinski definition) is 3. The van der Waals surface area contributed by atoms with Gasteiger partial charge in [0.15, 0.2) is 5.78 Å². The van der Waals surface area contributed by atoms with Gasteiger partial charge in [0.1, 0.15) is 0 Å². The minimum absolute atomic E-state index is 0.142. The Balaban J connectivity index is 1.62. The highest BCUT2D eigenvalue weighted by atomic mass is 16.1. The van der Waals surface area contributed by atoms with Crippen LogP contribution in [-0.4, -0.2) is 5.78 Å². The molecule has 5 rings (SSSR count). The zero-order chi connectivity index (χ0) is 18.9. The number of benzene rings is 3. The topological polar surface area (TPSA) is 41.1 Å². The molecular formula is C25H22N2O. The fraction of sp³-hybridized carbons (Fsp3) is 0.160. The summed E-state index contributed by atoms with van der Waals surface area (Å²) in [5.41, 5.74) is 6.29. The number of carbonyl (C=O) groups excluding carboxylic acids is 1. The minimum atomic E-state index is -0.142. The fourth-order valence-corrected chi connectivity index (χ4v) is 4.35. The lowest BCUT2D eigenvalue weighted by atomic mass is 9.78. The molecule has 0 bridgehead atoms. The van der Waals surface area contributed by atoms with Gasteiger partial charge in [-0.15, -0.1) is 0 Å². The smallest absolute Gasteiger partial charge is 0.163 e. The van der Waals surface area contributed by atoms with E-state index < -0.39 is 0 Å². The highest BCUT2D eigenvalue weighted by Crippen LogP contribution is 2.44. The summed E-state index contributed by atoms with van der Waals surface area (Å²) in [5, 5.41) is 7.21. The Morgan fingerprint density at radius 3 is 2.00 bits per heavy atom. The van der Waals surface area contributed by atoms with E-state index >= 15 is 0 Å². The number of allylic oxidation sites excluding steroid dienone is 1. The summed E-state index contributed by atoms with van der Waals surface area (Å²) in [6.45, 7) is 0. The van der Waals surface area contributed by atoms with Crippen molar-refractivity contribution < 1.29 is 4.79 Å². The normalized spacial score (nSPS) is 21.1. The summed E-state index contributed by atoms with van der Waals surface area (Å²) < 4.78 is 0. The van der Waals surface area contributed by atoms with E-state index in [4.69, 9.17) is 0 Å². The van der Waals surface area contributed by atoms with Crippen LogP contribution in [0.25, 0.3) is 0 Å². The summed E-state index contributed by atoms with van der Waals surface area (Å²) in [7, 11) is 0. The van der Waals surface area contributed by atoms with Crippen molar-refractivity contribution in [3.05, 3.63) is 107 Å². The quantitative estimate of drug-likeness (QED) is 0.614. The molecule has 0 spiro atoms. The zero-order valence-corrected chi connectivity index (χ0v) is 15.6. The number of hydrogen-bond donors (Lipinski definition) is 2. The van der Waals surface area contributed by atoms with Crippen LogP contribution in [0, 0.1) is 0 Å². The van der Waals surface area contributed by atoms with Crippen LogP contribution in [-0.2, 0) is 4.79 Å². The van der Waals surface area contributed by atoms with Crippen molar-refractivity contribution in [2.45, 2.75) is 24.8 Å². The van der Waals surface area contributed by atoms with Gasteiger partial charge in [0.2, 0.25) is 0 Å². The number of rotatable bonds is 2. The van der Waals surface area contributed by atoms with Crippen molar-refractivity contribution in [1.82, 2.24) is 0 Å². The third kappa shape index (κ3) is 2.99. The number of para-hydroxylation sites is 2. The Morgan fingerprint density at radius 2 is 1.29 bits per heavy atom. The number of carbonyl (C=O) groups is 1. The number of nitrogens with one attached hydrogen (secondary N) is 2. The van der Waals surface area contributed by atoms with Gasteiger partial charge in [-0.3, -0.25) is 4.79 Å². The maximum Gasteiger partial charge on any atom is 0.163 e. The summed E-state index contributed by atoms with van der Waals surface area (Å²) in [5.74, 6) is 0.429. The van der Waals surface area contributed by atoms with E-state index in [1.165, 1.54) is 5.56 Å². The molecule has 2 unspecified atom stereocenters. The number of anilines is 2. The first-order valence-corrected chi connectivity index (χ1v) is 9.78. The standard InChI is InChI=1S/C25H22N2O/c28-23-16-19(17-9-3-1-4-10-17)15-22-24(23)25(18-11-5-2-6-12-18)27-21-14-8-7-13-20(21)26-22/h1-14,19,25-27H,15-16H2. The lowest BCUT2D eigenvalue weighted by molar-refractivity contribution is -0.116. The second-order valence-electron chi connectivity index (χ2n) is 7.49. The van der Waals surface area contributed by atoms with Crippen LogP contribution in [0.1, 0.15) is 35.9 Å². The van der Waals surface area contributed by atoms with E-state index in [0.29, 0.717) is 6.42 Å². The molecule has 3 nitrogen and oxygen atoms in total. The molecule has 2 aliphatic rings. The van der Waals surface area contributed by atoms with Crippen molar-refractivity contribution in [3.8, 4) is 0 Å². The summed E-state index contributed by atoms with van der Waals surface area (Å²) >= 11 is 0. The van der Waals surface area contributed by atoms with Gasteiger partial charge in [-0.05, 0) is 35.6 Å². The Bertz CT molecular complexity index is 1040. The molecule has 1 aliphatic heterocycles. The molecule has 1 aliphatic carbocycles. The maximum atomic E-state index is 13.4. The largest absolute Gasteiger partial charge is 0.372 e. The Hall–Kier alpha value is -3.33. The van der Waals surface area contributed by atoms with Gasteiger partial charge in [-0.25, -0.2) is 0 Å². The molecule has 138 valence electrons. The molecule has 0 fully saturated rings. The van der Waals surface area contributed by atoms with Gasteiger partial charge in [-0.2, -0.15) is 0 Å². The monoisotopic (exact) mass is 366 g/mol. The SMILES string of the molecule is O=C1CC(c2ccccc2)CC2=C1C(c1ccccc1)Nc1ccccc1N2. The predicted octanol–water partition coefficient (Wildman–Crippen LogP) is 5.67. The van der Waals surface area contributed by atoms with Crippen LogP contribution < -0.4 is 10.6 Å². The molecule has 0 radical (unpaired) electrons. The predicted molar refractivity (Wildman–Crippen MR) is 113 cm³/mol. The van der Waals surface area contributed by atoms with Crippen LogP contribution >= 0.6 is 0 Å². The van der Waals surface area contributed by atoms with Gasteiger partial charge in [0, 0.05) is 17.7 Å². The molecule has 0 aromatic heterocycles. The lowest BCUT2D eigenvalue weighted by Crippen LogP contribution is -2.26. The summed E-state index contributed by atoms with van der Waals surface area (Å²) in [6, 6.07) is 28.7. The van der Waals surface area contributed by atoms with Crippen molar-refractivity contribution >= 4 is 17.2 Å². The Labute approximate surface area is 165 Å². The minimum Gasteiger partial charge on any atom is -0.372 e. The van der Waals surface area contributed by atoms with Gasteiger partial charge in [0.05, 0.1) is 17.4 Å². The van der Waals surface area contributed by atoms with Gasteiger partial charge < -0.3 is 10.6 Å². The highest BCUT2D eigenvalue weighted by Gasteiger charge is 2.35. The summed E-state index contributed by atoms with van der Waals surface area (Å²) in [4.78, 5) is 13.4. The molecule has 0 amide bonds. The third-order valence-corrected chi connectivity index (χ3v) is 5.71. The van der Waals surface area contributed by atoms with Crippen LogP contribution in [0.2, 0.25) is 0 Å². The van der Waals surface area contributed by atoms with E-state index in [1.807, 2.05) is 48.5 Å².